The van der Waals surface area contributed by atoms with E-state index in [0.29, 0.717) is 18.6 Å². The predicted octanol–water partition coefficient (Wildman–Crippen LogP) is 2.58. The number of hydrogen-bond acceptors (Lipinski definition) is 3. The first-order valence-electron chi connectivity index (χ1n) is 8.30. The zero-order valence-corrected chi connectivity index (χ0v) is 13.9. The van der Waals surface area contributed by atoms with Gasteiger partial charge in [0.2, 0.25) is 0 Å². The van der Waals surface area contributed by atoms with Crippen molar-refractivity contribution < 1.29 is 18.3 Å². The molecule has 3 atom stereocenters. The lowest BCUT2D eigenvalue weighted by Crippen LogP contribution is -2.48. The number of urea groups is 1. The molecule has 0 aromatic heterocycles. The van der Waals surface area contributed by atoms with E-state index in [2.05, 4.69) is 29.4 Å². The van der Waals surface area contributed by atoms with E-state index in [1.165, 1.54) is 6.07 Å². The first-order chi connectivity index (χ1) is 11.4. The van der Waals surface area contributed by atoms with Crippen molar-refractivity contribution in [3.8, 4) is 0 Å². The molecule has 1 aromatic carbocycles. The third-order valence-corrected chi connectivity index (χ3v) is 4.70. The van der Waals surface area contributed by atoms with Gasteiger partial charge < -0.3 is 15.4 Å². The van der Waals surface area contributed by atoms with Gasteiger partial charge in [0.1, 0.15) is 0 Å². The molecule has 2 aliphatic rings. The van der Waals surface area contributed by atoms with Crippen LogP contribution in [0.3, 0.4) is 0 Å². The number of fused-ring (bicyclic) bond motifs is 1. The molecule has 0 bridgehead atoms. The van der Waals surface area contributed by atoms with Gasteiger partial charge in [0.05, 0.1) is 12.7 Å². The smallest absolute Gasteiger partial charge is 0.319 e. The summed E-state index contributed by atoms with van der Waals surface area (Å²) in [5, 5.41) is 5.44. The lowest BCUT2D eigenvalue weighted by atomic mass is 10.0. The standard InChI is InChI=1S/C17H23F2N3O2/c1-10(2)16-8-22-7-12(5-13(22)9-24-16)21-17(23)20-11-3-4-14(18)15(19)6-11/h3-4,6,10,12-13,16H,5,7-9H2,1-2H3,(H2,20,21,23)/t12-,13+,16-/m1/s1. The van der Waals surface area contributed by atoms with Gasteiger partial charge >= 0.3 is 6.03 Å². The van der Waals surface area contributed by atoms with E-state index < -0.39 is 17.7 Å². The number of morpholine rings is 1. The van der Waals surface area contributed by atoms with Crippen molar-refractivity contribution >= 4 is 11.7 Å². The number of nitrogens with zero attached hydrogens (tertiary/aromatic N) is 1. The molecule has 3 rings (SSSR count). The van der Waals surface area contributed by atoms with E-state index in [4.69, 9.17) is 4.74 Å². The lowest BCUT2D eigenvalue weighted by molar-refractivity contribution is -0.0683. The van der Waals surface area contributed by atoms with Crippen LogP contribution in [0.2, 0.25) is 0 Å². The number of amides is 2. The number of rotatable bonds is 3. The van der Waals surface area contributed by atoms with Gasteiger partial charge in [-0.1, -0.05) is 13.8 Å². The van der Waals surface area contributed by atoms with Gasteiger partial charge in [-0.2, -0.15) is 0 Å². The molecule has 5 nitrogen and oxygen atoms in total. The maximum Gasteiger partial charge on any atom is 0.319 e. The van der Waals surface area contributed by atoms with Crippen molar-refractivity contribution in [3.63, 3.8) is 0 Å². The monoisotopic (exact) mass is 339 g/mol. The minimum Gasteiger partial charge on any atom is -0.375 e. The van der Waals surface area contributed by atoms with Crippen LogP contribution in [-0.2, 0) is 4.74 Å². The largest absolute Gasteiger partial charge is 0.375 e. The van der Waals surface area contributed by atoms with Crippen molar-refractivity contribution in [2.24, 2.45) is 5.92 Å². The minimum absolute atomic E-state index is 0.0230. The fraction of sp³-hybridized carbons (Fsp3) is 0.588. The van der Waals surface area contributed by atoms with Crippen LogP contribution in [0, 0.1) is 17.6 Å². The molecule has 0 unspecified atom stereocenters. The van der Waals surface area contributed by atoms with E-state index in [1.807, 2.05) is 0 Å². The number of carbonyl (C=O) groups is 1. The van der Waals surface area contributed by atoms with E-state index in [9.17, 15) is 13.6 Å². The molecule has 2 heterocycles. The topological polar surface area (TPSA) is 53.6 Å². The fourth-order valence-corrected chi connectivity index (χ4v) is 3.33. The van der Waals surface area contributed by atoms with Crippen LogP contribution in [0.5, 0.6) is 0 Å². The van der Waals surface area contributed by atoms with Gasteiger partial charge in [0.25, 0.3) is 0 Å². The first-order valence-corrected chi connectivity index (χ1v) is 8.30. The summed E-state index contributed by atoms with van der Waals surface area (Å²) >= 11 is 0. The van der Waals surface area contributed by atoms with Gasteiger partial charge in [-0.25, -0.2) is 13.6 Å². The minimum atomic E-state index is -0.984. The molecule has 2 aliphatic heterocycles. The summed E-state index contributed by atoms with van der Waals surface area (Å²) in [5.74, 6) is -1.45. The Morgan fingerprint density at radius 1 is 1.29 bits per heavy atom. The van der Waals surface area contributed by atoms with Gasteiger partial charge in [0, 0.05) is 36.9 Å². The fourth-order valence-electron chi connectivity index (χ4n) is 3.33. The maximum atomic E-state index is 13.2. The molecule has 0 radical (unpaired) electrons. The maximum absolute atomic E-state index is 13.2. The molecule has 2 saturated heterocycles. The number of halogens is 2. The highest BCUT2D eigenvalue weighted by Gasteiger charge is 2.38. The Bertz CT molecular complexity index is 611. The molecule has 2 amide bonds. The molecule has 1 aromatic rings. The van der Waals surface area contributed by atoms with Gasteiger partial charge in [0.15, 0.2) is 11.6 Å². The van der Waals surface area contributed by atoms with E-state index in [1.54, 1.807) is 0 Å². The van der Waals surface area contributed by atoms with Crippen molar-refractivity contribution in [1.82, 2.24) is 10.2 Å². The predicted molar refractivity (Wildman–Crippen MR) is 86.9 cm³/mol. The van der Waals surface area contributed by atoms with Crippen LogP contribution in [0.1, 0.15) is 20.3 Å². The zero-order chi connectivity index (χ0) is 17.3. The first kappa shape index (κ1) is 17.1. The van der Waals surface area contributed by atoms with E-state index >= 15 is 0 Å². The highest BCUT2D eigenvalue weighted by molar-refractivity contribution is 5.89. The average Bonchev–Trinajstić information content (AvgIpc) is 2.91. The van der Waals surface area contributed by atoms with Crippen LogP contribution in [0.15, 0.2) is 18.2 Å². The molecular weight excluding hydrogens is 316 g/mol. The van der Waals surface area contributed by atoms with Crippen LogP contribution < -0.4 is 10.6 Å². The zero-order valence-electron chi connectivity index (χ0n) is 13.9. The van der Waals surface area contributed by atoms with Crippen LogP contribution in [-0.4, -0.2) is 48.8 Å². The summed E-state index contributed by atoms with van der Waals surface area (Å²) in [5.41, 5.74) is 0.227. The second-order valence-electron chi connectivity index (χ2n) is 6.88. The van der Waals surface area contributed by atoms with Crippen LogP contribution in [0.4, 0.5) is 19.3 Å². The third kappa shape index (κ3) is 3.84. The Morgan fingerprint density at radius 2 is 2.08 bits per heavy atom. The summed E-state index contributed by atoms with van der Waals surface area (Å²) in [4.78, 5) is 14.4. The number of hydrogen-bond donors (Lipinski definition) is 2. The number of nitrogens with one attached hydrogen (secondary N) is 2. The van der Waals surface area contributed by atoms with E-state index in [0.717, 1.165) is 31.6 Å². The Kier molecular flexibility index (Phi) is 5.01. The van der Waals surface area contributed by atoms with Crippen LogP contribution in [0.25, 0.3) is 0 Å². The number of carbonyl (C=O) groups excluding carboxylic acids is 1. The molecule has 7 heteroatoms. The SMILES string of the molecule is CC(C)[C@H]1CN2C[C@H](NC(=O)Nc3ccc(F)c(F)c3)C[C@H]2CO1. The highest BCUT2D eigenvalue weighted by Crippen LogP contribution is 2.25. The highest BCUT2D eigenvalue weighted by atomic mass is 19.2. The quantitative estimate of drug-likeness (QED) is 0.890. The lowest BCUT2D eigenvalue weighted by Gasteiger charge is -2.36. The van der Waals surface area contributed by atoms with Gasteiger partial charge in [-0.3, -0.25) is 4.90 Å². The number of benzene rings is 1. The Labute approximate surface area is 140 Å². The molecule has 24 heavy (non-hydrogen) atoms. The average molecular weight is 339 g/mol. The molecular formula is C17H23F2N3O2. The van der Waals surface area contributed by atoms with Crippen molar-refractivity contribution in [1.29, 1.82) is 0 Å². The molecule has 132 valence electrons. The Morgan fingerprint density at radius 3 is 2.79 bits per heavy atom. The summed E-state index contributed by atoms with van der Waals surface area (Å²) in [7, 11) is 0. The number of ether oxygens (including phenoxy) is 1. The van der Waals surface area contributed by atoms with Crippen molar-refractivity contribution in [3.05, 3.63) is 29.8 Å². The van der Waals surface area contributed by atoms with Gasteiger partial charge in [-0.05, 0) is 24.5 Å². The molecule has 0 spiro atoms. The Hall–Kier alpha value is -1.73. The van der Waals surface area contributed by atoms with Crippen molar-refractivity contribution in [2.45, 2.75) is 38.5 Å². The third-order valence-electron chi connectivity index (χ3n) is 4.70. The Balaban J connectivity index is 1.52. The molecule has 2 N–H and O–H groups in total. The van der Waals surface area contributed by atoms with Gasteiger partial charge in [-0.15, -0.1) is 0 Å². The molecule has 2 fully saturated rings. The van der Waals surface area contributed by atoms with Crippen molar-refractivity contribution in [2.75, 3.05) is 25.0 Å². The molecule has 0 saturated carbocycles. The summed E-state index contributed by atoms with van der Waals surface area (Å²) < 4.78 is 32.0. The summed E-state index contributed by atoms with van der Waals surface area (Å²) in [6, 6.07) is 3.23. The number of anilines is 1. The van der Waals surface area contributed by atoms with Crippen LogP contribution >= 0.6 is 0 Å². The summed E-state index contributed by atoms with van der Waals surface area (Å²) in [6.07, 6.45) is 1.06. The second-order valence-corrected chi connectivity index (χ2v) is 6.88. The summed E-state index contributed by atoms with van der Waals surface area (Å²) in [6.45, 7) is 6.64. The normalized spacial score (nSPS) is 27.1. The van der Waals surface area contributed by atoms with E-state index in [-0.39, 0.29) is 17.8 Å². The molecule has 0 aliphatic carbocycles. The second kappa shape index (κ2) is 7.03.